The minimum absolute atomic E-state index is 0.0411. The number of rotatable bonds is 7. The number of hydrogen-bond donors (Lipinski definition) is 5. The van der Waals surface area contributed by atoms with Crippen LogP contribution in [0.4, 0.5) is 37.7 Å². The predicted molar refractivity (Wildman–Crippen MR) is 180 cm³/mol. The maximum absolute atomic E-state index is 12.6. The van der Waals surface area contributed by atoms with Crippen LogP contribution in [-0.4, -0.2) is 82.9 Å². The highest BCUT2D eigenvalue weighted by Gasteiger charge is 2.43. The van der Waals surface area contributed by atoms with Crippen molar-refractivity contribution in [1.82, 2.24) is 5.32 Å². The molecule has 288 valence electrons. The second-order valence-corrected chi connectivity index (χ2v) is 12.7. The molecule has 12 nitrogen and oxygen atoms in total. The number of hydrogen-bond acceptors (Lipinski definition) is 7. The summed E-state index contributed by atoms with van der Waals surface area (Å²) in [6.07, 6.45) is -8.75. The van der Waals surface area contributed by atoms with Gasteiger partial charge in [0.25, 0.3) is 0 Å². The molecule has 0 aliphatic carbocycles. The van der Waals surface area contributed by atoms with Crippen LogP contribution in [0.1, 0.15) is 37.8 Å². The lowest BCUT2D eigenvalue weighted by Crippen LogP contribution is -2.53. The Hall–Kier alpha value is -3.55. The van der Waals surface area contributed by atoms with E-state index in [2.05, 4.69) is 0 Å². The molecule has 22 heteroatoms. The number of amides is 3. The maximum atomic E-state index is 12.6. The van der Waals surface area contributed by atoms with Crippen molar-refractivity contribution in [3.05, 3.63) is 55.5 Å². The van der Waals surface area contributed by atoms with E-state index in [9.17, 15) is 50.6 Å². The first-order valence-corrected chi connectivity index (χ1v) is 16.4. The molecule has 2 aliphatic rings. The number of carbonyl (C=O) groups is 5. The summed E-state index contributed by atoms with van der Waals surface area (Å²) in [5, 5.41) is 19.2. The van der Waals surface area contributed by atoms with Gasteiger partial charge in [-0.3, -0.25) is 24.2 Å². The number of fused-ring (bicyclic) bond motifs is 2. The van der Waals surface area contributed by atoms with E-state index < -0.39 is 72.7 Å². The Kier molecular flexibility index (Phi) is 15.4. The van der Waals surface area contributed by atoms with Crippen LogP contribution in [0.15, 0.2) is 24.3 Å². The Balaban J connectivity index is 0.000000310. The monoisotopic (exact) mass is 827 g/mol. The van der Waals surface area contributed by atoms with Gasteiger partial charge >= 0.3 is 24.3 Å². The van der Waals surface area contributed by atoms with Gasteiger partial charge in [-0.1, -0.05) is 60.3 Å². The lowest BCUT2D eigenvalue weighted by Gasteiger charge is -2.27. The van der Waals surface area contributed by atoms with Crippen LogP contribution in [0, 0.1) is 0 Å². The lowest BCUT2D eigenvalue weighted by molar-refractivity contribution is -0.192. The van der Waals surface area contributed by atoms with Crippen molar-refractivity contribution in [3.63, 3.8) is 0 Å². The summed E-state index contributed by atoms with van der Waals surface area (Å²) in [4.78, 5) is 59.7. The number of carbonyl (C=O) groups excluding carboxylic acids is 3. The number of nitrogens with zero attached hydrogens (tertiary/aromatic N) is 2. The zero-order valence-electron chi connectivity index (χ0n) is 26.9. The van der Waals surface area contributed by atoms with Gasteiger partial charge in [-0.15, -0.1) is 0 Å². The molecule has 3 amide bonds. The van der Waals surface area contributed by atoms with Crippen molar-refractivity contribution in [2.45, 2.75) is 76.1 Å². The fraction of sp³-hybridized carbons (Fsp3) is 0.433. The number of halogens is 10. The molecule has 0 saturated carbocycles. The van der Waals surface area contributed by atoms with Crippen molar-refractivity contribution in [2.24, 2.45) is 11.5 Å². The van der Waals surface area contributed by atoms with E-state index in [-0.39, 0.29) is 27.9 Å². The Morgan fingerprint density at radius 1 is 0.808 bits per heavy atom. The molecule has 0 saturated heterocycles. The van der Waals surface area contributed by atoms with Crippen molar-refractivity contribution >= 4 is 87.4 Å². The fourth-order valence-electron chi connectivity index (χ4n) is 4.85. The lowest BCUT2D eigenvalue weighted by atomic mass is 10.1. The van der Waals surface area contributed by atoms with E-state index in [1.807, 2.05) is 0 Å². The minimum Gasteiger partial charge on any atom is -0.480 e. The second kappa shape index (κ2) is 18.0. The molecule has 0 bridgehead atoms. The van der Waals surface area contributed by atoms with E-state index >= 15 is 0 Å². The van der Waals surface area contributed by atoms with Gasteiger partial charge in [-0.05, 0) is 48.2 Å². The zero-order valence-corrected chi connectivity index (χ0v) is 29.9. The first kappa shape index (κ1) is 44.6. The van der Waals surface area contributed by atoms with Gasteiger partial charge in [0, 0.05) is 24.2 Å². The van der Waals surface area contributed by atoms with Crippen molar-refractivity contribution in [2.75, 3.05) is 16.3 Å². The Labute approximate surface area is 311 Å². The highest BCUT2D eigenvalue weighted by atomic mass is 35.5. The van der Waals surface area contributed by atoms with Gasteiger partial charge in [0.15, 0.2) is 0 Å². The van der Waals surface area contributed by atoms with Crippen molar-refractivity contribution < 1.29 is 60.5 Å². The molecule has 0 unspecified atom stereocenters. The van der Waals surface area contributed by atoms with Crippen LogP contribution < -0.4 is 26.6 Å². The minimum atomic E-state index is -5.08. The van der Waals surface area contributed by atoms with E-state index in [0.717, 1.165) is 4.90 Å². The maximum Gasteiger partial charge on any atom is 0.490 e. The van der Waals surface area contributed by atoms with Crippen LogP contribution >= 0.6 is 46.4 Å². The summed E-state index contributed by atoms with van der Waals surface area (Å²) >= 11 is 24.0. The SMILES string of the molecule is CC[C@H](N)C(=O)N1c2cc(Cl)c(Cl)cc2C[C@H]1C(=O)O.CC[C@H](N)C(=O)N1c2ccc(Cl)c(Cl)c2C[C@H]1C(=O)NCC(F)(F)F.O=C(O)C(F)(F)F. The molecule has 2 heterocycles. The van der Waals surface area contributed by atoms with Crippen molar-refractivity contribution in [1.29, 1.82) is 0 Å². The number of anilines is 2. The van der Waals surface area contributed by atoms with E-state index in [0.29, 0.717) is 40.4 Å². The fourth-order valence-corrected chi connectivity index (χ4v) is 5.61. The number of alkyl halides is 6. The van der Waals surface area contributed by atoms with E-state index in [4.69, 9.17) is 67.8 Å². The Morgan fingerprint density at radius 3 is 1.73 bits per heavy atom. The topological polar surface area (TPSA) is 196 Å². The summed E-state index contributed by atoms with van der Waals surface area (Å²) in [5.74, 6) is -5.75. The average Bonchev–Trinajstić information content (AvgIpc) is 3.63. The summed E-state index contributed by atoms with van der Waals surface area (Å²) in [6, 6.07) is 2.30. The van der Waals surface area contributed by atoms with Crippen LogP contribution in [-0.2, 0) is 36.8 Å². The predicted octanol–water partition coefficient (Wildman–Crippen LogP) is 5.37. The van der Waals surface area contributed by atoms with Gasteiger partial charge < -0.3 is 27.0 Å². The first-order chi connectivity index (χ1) is 23.9. The molecule has 0 radical (unpaired) electrons. The third kappa shape index (κ3) is 11.0. The van der Waals surface area contributed by atoms with Crippen LogP contribution in [0.3, 0.4) is 0 Å². The van der Waals surface area contributed by atoms with Crippen LogP contribution in [0.5, 0.6) is 0 Å². The van der Waals surface area contributed by atoms with Gasteiger partial charge in [0.1, 0.15) is 18.6 Å². The summed E-state index contributed by atoms with van der Waals surface area (Å²) in [7, 11) is 0. The molecule has 2 aromatic rings. The molecule has 4 atom stereocenters. The molecule has 0 aromatic heterocycles. The smallest absolute Gasteiger partial charge is 0.480 e. The van der Waals surface area contributed by atoms with Crippen LogP contribution in [0.2, 0.25) is 20.1 Å². The third-order valence-corrected chi connectivity index (χ3v) is 9.09. The summed E-state index contributed by atoms with van der Waals surface area (Å²) < 4.78 is 68.8. The number of benzene rings is 2. The zero-order chi connectivity index (χ0) is 40.0. The summed E-state index contributed by atoms with van der Waals surface area (Å²) in [6.45, 7) is 1.96. The normalized spacial score (nSPS) is 17.4. The molecule has 52 heavy (non-hydrogen) atoms. The molecule has 2 aromatic carbocycles. The summed E-state index contributed by atoms with van der Waals surface area (Å²) in [5.41, 5.74) is 13.4. The van der Waals surface area contributed by atoms with E-state index in [1.54, 1.807) is 25.2 Å². The number of nitrogens with one attached hydrogen (secondary N) is 1. The molecular weight excluding hydrogens is 798 g/mol. The molecule has 7 N–H and O–H groups in total. The third-order valence-electron chi connectivity index (χ3n) is 7.53. The number of aliphatic carboxylic acids is 2. The number of nitrogens with two attached hydrogens (primary N) is 2. The molecule has 2 aliphatic heterocycles. The molecular formula is C30H31Cl4F6N5O7. The van der Waals surface area contributed by atoms with Crippen molar-refractivity contribution in [3.8, 4) is 0 Å². The molecule has 0 spiro atoms. The molecule has 0 fully saturated rings. The molecule has 4 rings (SSSR count). The highest BCUT2D eigenvalue weighted by Crippen LogP contribution is 2.41. The van der Waals surface area contributed by atoms with E-state index in [1.165, 1.54) is 23.1 Å². The van der Waals surface area contributed by atoms with Crippen LogP contribution in [0.25, 0.3) is 0 Å². The second-order valence-electron chi connectivity index (χ2n) is 11.1. The standard InChI is InChI=1S/C15H16Cl2F3N3O2.C13H14Cl2N2O3.C2HF3O2/c1-2-9(21)14(25)23-10-4-3-8(16)12(17)7(10)5-11(23)13(24)22-6-15(18,19)20;1-2-9(16)12(18)17-10-5-8(15)7(14)3-6(10)4-11(17)13(19)20;3-2(4,5)1(6)7/h3-4,9,11H,2,5-6,21H2,1H3,(H,22,24);3,5,9,11H,2,4,16H2,1H3,(H,19,20);(H,6,7)/t2*9-,11-;/m00./s1. The highest BCUT2D eigenvalue weighted by molar-refractivity contribution is 6.43. The van der Waals surface area contributed by atoms with Gasteiger partial charge in [0.05, 0.1) is 32.2 Å². The first-order valence-electron chi connectivity index (χ1n) is 14.9. The Morgan fingerprint density at radius 2 is 1.29 bits per heavy atom. The van der Waals surface area contributed by atoms with Gasteiger partial charge in [-0.25, -0.2) is 9.59 Å². The van der Waals surface area contributed by atoms with Gasteiger partial charge in [-0.2, -0.15) is 26.3 Å². The average molecular weight is 829 g/mol. The van der Waals surface area contributed by atoms with Gasteiger partial charge in [0.2, 0.25) is 17.7 Å². The quantitative estimate of drug-likeness (QED) is 0.228. The Bertz CT molecular complexity index is 1700. The number of carboxylic acids is 2. The number of carboxylic acid groups (broad SMARTS) is 2. The largest absolute Gasteiger partial charge is 0.490 e.